The predicted molar refractivity (Wildman–Crippen MR) is 124 cm³/mol. The molecule has 0 saturated heterocycles. The number of guanidine groups is 1. The van der Waals surface area contributed by atoms with Gasteiger partial charge >= 0.3 is 0 Å². The van der Waals surface area contributed by atoms with Crippen LogP contribution in [0.2, 0.25) is 0 Å². The van der Waals surface area contributed by atoms with E-state index in [2.05, 4.69) is 43.5 Å². The van der Waals surface area contributed by atoms with Crippen LogP contribution in [0, 0.1) is 6.92 Å². The topological polar surface area (TPSA) is 83.3 Å². The molecular weight excluding hydrogens is 396 g/mol. The van der Waals surface area contributed by atoms with Crippen LogP contribution in [0.5, 0.6) is 0 Å². The fourth-order valence-electron chi connectivity index (χ4n) is 3.23. The van der Waals surface area contributed by atoms with Gasteiger partial charge in [0.25, 0.3) is 5.91 Å². The van der Waals surface area contributed by atoms with Crippen molar-refractivity contribution >= 4 is 34.2 Å². The number of hydrogen-bond acceptors (Lipinski definition) is 4. The number of aliphatic imine (C=N–C) groups is 1. The minimum Gasteiger partial charge on any atom is -0.357 e. The summed E-state index contributed by atoms with van der Waals surface area (Å²) in [6.45, 7) is 7.93. The lowest BCUT2D eigenvalue weighted by Crippen LogP contribution is -2.39. The molecule has 7 nitrogen and oxygen atoms in total. The van der Waals surface area contributed by atoms with E-state index in [9.17, 15) is 4.79 Å². The van der Waals surface area contributed by atoms with Crippen molar-refractivity contribution in [1.82, 2.24) is 25.5 Å². The third-order valence-electron chi connectivity index (χ3n) is 4.68. The number of rotatable bonds is 10. The number of hydrogen-bond donors (Lipinski definition) is 3. The quantitative estimate of drug-likeness (QED) is 0.264. The first-order chi connectivity index (χ1) is 14.7. The predicted octanol–water partition coefficient (Wildman–Crippen LogP) is 3.17. The van der Waals surface area contributed by atoms with Crippen LogP contribution in [-0.4, -0.2) is 47.6 Å². The van der Waals surface area contributed by atoms with Gasteiger partial charge in [-0.05, 0) is 50.3 Å². The van der Waals surface area contributed by atoms with Crippen molar-refractivity contribution in [2.75, 3.05) is 26.2 Å². The first-order valence-electron chi connectivity index (χ1n) is 10.4. The molecule has 0 radical (unpaired) electrons. The molecule has 0 saturated carbocycles. The van der Waals surface area contributed by atoms with Gasteiger partial charge in [0.1, 0.15) is 5.82 Å². The number of amides is 1. The van der Waals surface area contributed by atoms with Crippen molar-refractivity contribution < 1.29 is 4.79 Å². The van der Waals surface area contributed by atoms with E-state index >= 15 is 0 Å². The summed E-state index contributed by atoms with van der Waals surface area (Å²) >= 11 is 1.46. The molecule has 0 spiro atoms. The number of carbonyl (C=O) groups is 1. The van der Waals surface area contributed by atoms with Crippen LogP contribution in [0.4, 0.5) is 0 Å². The van der Waals surface area contributed by atoms with Crippen molar-refractivity contribution in [2.45, 2.75) is 33.2 Å². The minimum absolute atomic E-state index is 0.00658. The van der Waals surface area contributed by atoms with Crippen LogP contribution in [-0.2, 0) is 6.54 Å². The lowest BCUT2D eigenvalue weighted by atomic mass is 10.3. The Balaban J connectivity index is 1.39. The van der Waals surface area contributed by atoms with Crippen molar-refractivity contribution in [3.05, 3.63) is 52.5 Å². The van der Waals surface area contributed by atoms with Crippen LogP contribution in [0.15, 0.2) is 46.8 Å². The molecule has 0 aliphatic carbocycles. The molecule has 1 amide bonds. The first-order valence-corrected chi connectivity index (χ1v) is 11.3. The lowest BCUT2D eigenvalue weighted by molar-refractivity contribution is 0.0957. The molecule has 0 aliphatic rings. The monoisotopic (exact) mass is 426 g/mol. The Kier molecular flexibility index (Phi) is 8.26. The largest absolute Gasteiger partial charge is 0.357 e. The van der Waals surface area contributed by atoms with Crippen LogP contribution in [0.3, 0.4) is 0 Å². The summed E-state index contributed by atoms with van der Waals surface area (Å²) in [5.41, 5.74) is 2.22. The summed E-state index contributed by atoms with van der Waals surface area (Å²) < 4.78 is 2.25. The van der Waals surface area contributed by atoms with Crippen molar-refractivity contribution in [3.63, 3.8) is 0 Å². The SMILES string of the molecule is CCNC(=NCCCn1c(C)nc2ccccc21)NCCCNC(=O)c1cccs1. The van der Waals surface area contributed by atoms with E-state index in [1.165, 1.54) is 16.9 Å². The number of aromatic nitrogens is 2. The van der Waals surface area contributed by atoms with Gasteiger partial charge in [0.2, 0.25) is 0 Å². The zero-order valence-corrected chi connectivity index (χ0v) is 18.5. The number of carbonyl (C=O) groups excluding carboxylic acids is 1. The van der Waals surface area contributed by atoms with Crippen LogP contribution in [0.25, 0.3) is 11.0 Å². The van der Waals surface area contributed by atoms with Gasteiger partial charge in [-0.15, -0.1) is 11.3 Å². The van der Waals surface area contributed by atoms with Gasteiger partial charge in [-0.1, -0.05) is 18.2 Å². The van der Waals surface area contributed by atoms with Crippen molar-refractivity contribution in [2.24, 2.45) is 4.99 Å². The fourth-order valence-corrected chi connectivity index (χ4v) is 3.87. The lowest BCUT2D eigenvalue weighted by Gasteiger charge is -2.12. The summed E-state index contributed by atoms with van der Waals surface area (Å²) in [5.74, 6) is 1.84. The van der Waals surface area contributed by atoms with E-state index in [4.69, 9.17) is 0 Å². The second-order valence-electron chi connectivity index (χ2n) is 6.93. The number of thiophene rings is 1. The Morgan fingerprint density at radius 3 is 2.73 bits per heavy atom. The molecule has 1 aromatic carbocycles. The van der Waals surface area contributed by atoms with E-state index in [1.807, 2.05) is 42.6 Å². The van der Waals surface area contributed by atoms with Crippen LogP contribution < -0.4 is 16.0 Å². The molecular formula is C22H30N6OS. The molecule has 0 unspecified atom stereocenters. The molecule has 3 aromatic rings. The second-order valence-corrected chi connectivity index (χ2v) is 7.87. The Morgan fingerprint density at radius 2 is 1.93 bits per heavy atom. The number of imidazole rings is 1. The molecule has 0 atom stereocenters. The molecule has 8 heteroatoms. The zero-order valence-electron chi connectivity index (χ0n) is 17.6. The van der Waals surface area contributed by atoms with Gasteiger partial charge in [0.05, 0.1) is 15.9 Å². The summed E-state index contributed by atoms with van der Waals surface area (Å²) in [7, 11) is 0. The van der Waals surface area contributed by atoms with E-state index in [0.29, 0.717) is 6.54 Å². The highest BCUT2D eigenvalue weighted by atomic mass is 32.1. The van der Waals surface area contributed by atoms with Gasteiger partial charge in [0, 0.05) is 32.7 Å². The van der Waals surface area contributed by atoms with Gasteiger partial charge in [-0.2, -0.15) is 0 Å². The second kappa shape index (κ2) is 11.3. The average Bonchev–Trinajstić information content (AvgIpc) is 3.38. The maximum absolute atomic E-state index is 11.9. The third kappa shape index (κ3) is 6.06. The summed E-state index contributed by atoms with van der Waals surface area (Å²) in [6, 6.07) is 12.0. The van der Waals surface area contributed by atoms with E-state index in [0.717, 1.165) is 61.2 Å². The molecule has 160 valence electrons. The first kappa shape index (κ1) is 21.8. The molecule has 0 aliphatic heterocycles. The Bertz CT molecular complexity index is 963. The van der Waals surface area contributed by atoms with Gasteiger partial charge in [0.15, 0.2) is 5.96 Å². The number of fused-ring (bicyclic) bond motifs is 1. The van der Waals surface area contributed by atoms with E-state index < -0.39 is 0 Å². The molecule has 0 bridgehead atoms. The summed E-state index contributed by atoms with van der Waals surface area (Å²) in [4.78, 5) is 22.0. The molecule has 2 aromatic heterocycles. The maximum Gasteiger partial charge on any atom is 0.261 e. The molecule has 3 rings (SSSR count). The number of benzene rings is 1. The Morgan fingerprint density at radius 1 is 1.10 bits per heavy atom. The normalized spacial score (nSPS) is 11.6. The van der Waals surface area contributed by atoms with Gasteiger partial charge in [-0.25, -0.2) is 4.98 Å². The van der Waals surface area contributed by atoms with Crippen molar-refractivity contribution in [3.8, 4) is 0 Å². The minimum atomic E-state index is -0.00658. The number of nitrogens with zero attached hydrogens (tertiary/aromatic N) is 3. The standard InChI is InChI=1S/C22H30N6OS/c1-3-23-22(25-13-7-12-24-21(29)20-11-6-16-30-20)26-14-8-15-28-17(2)27-18-9-4-5-10-19(18)28/h4-6,9-11,16H,3,7-8,12-15H2,1-2H3,(H,24,29)(H2,23,25,26). The van der Waals surface area contributed by atoms with Gasteiger partial charge in [-0.3, -0.25) is 9.79 Å². The zero-order chi connectivity index (χ0) is 21.2. The van der Waals surface area contributed by atoms with Crippen LogP contribution >= 0.6 is 11.3 Å². The molecule has 3 N–H and O–H groups in total. The number of aryl methyl sites for hydroxylation is 2. The number of nitrogens with one attached hydrogen (secondary N) is 3. The summed E-state index contributed by atoms with van der Waals surface area (Å²) in [6.07, 6.45) is 1.77. The fraction of sp³-hybridized carbons (Fsp3) is 0.409. The average molecular weight is 427 g/mol. The van der Waals surface area contributed by atoms with E-state index in [-0.39, 0.29) is 5.91 Å². The summed E-state index contributed by atoms with van der Waals surface area (Å²) in [5, 5.41) is 11.5. The molecule has 0 fully saturated rings. The molecule has 2 heterocycles. The van der Waals surface area contributed by atoms with Gasteiger partial charge < -0.3 is 20.5 Å². The number of para-hydroxylation sites is 2. The highest BCUT2D eigenvalue weighted by Gasteiger charge is 2.06. The van der Waals surface area contributed by atoms with E-state index in [1.54, 1.807) is 0 Å². The van der Waals surface area contributed by atoms with Crippen LogP contribution in [0.1, 0.15) is 35.3 Å². The third-order valence-corrected chi connectivity index (χ3v) is 5.54. The highest BCUT2D eigenvalue weighted by molar-refractivity contribution is 7.12. The highest BCUT2D eigenvalue weighted by Crippen LogP contribution is 2.15. The van der Waals surface area contributed by atoms with Crippen molar-refractivity contribution in [1.29, 1.82) is 0 Å². The Hall–Kier alpha value is -2.87. The smallest absolute Gasteiger partial charge is 0.261 e. The molecule has 30 heavy (non-hydrogen) atoms. The maximum atomic E-state index is 11.9. The Labute approximate surface area is 181 Å².